The molecule has 0 saturated heterocycles. The topological polar surface area (TPSA) is 51.2 Å². The Labute approximate surface area is 107 Å². The molecule has 5 heteroatoms. The number of carbonyl (C=O) groups excluding carboxylic acids is 1. The number of benzene rings is 1. The van der Waals surface area contributed by atoms with Gasteiger partial charge in [0.25, 0.3) is 0 Å². The first-order valence-corrected chi connectivity index (χ1v) is 5.81. The van der Waals surface area contributed by atoms with Gasteiger partial charge in [0.2, 0.25) is 0 Å². The van der Waals surface area contributed by atoms with Crippen molar-refractivity contribution in [1.82, 2.24) is 4.98 Å². The molecule has 1 aromatic carbocycles. The molecule has 4 nitrogen and oxygen atoms in total. The van der Waals surface area contributed by atoms with Crippen molar-refractivity contribution in [2.24, 2.45) is 0 Å². The monoisotopic (exact) mass is 294 g/mol. The van der Waals surface area contributed by atoms with E-state index in [4.69, 9.17) is 4.74 Å². The summed E-state index contributed by atoms with van der Waals surface area (Å²) in [6.07, 6.45) is 1.52. The first kappa shape index (κ1) is 11.9. The molecular formula is C12H11BrN2O2. The predicted molar refractivity (Wildman–Crippen MR) is 70.3 cm³/mol. The highest BCUT2D eigenvalue weighted by Crippen LogP contribution is 2.28. The fourth-order valence-corrected chi connectivity index (χ4v) is 2.06. The summed E-state index contributed by atoms with van der Waals surface area (Å²) < 4.78 is 5.66. The van der Waals surface area contributed by atoms with Gasteiger partial charge in [0.1, 0.15) is 5.56 Å². The van der Waals surface area contributed by atoms with Gasteiger partial charge in [-0.2, -0.15) is 0 Å². The number of carbonyl (C=O) groups is 1. The van der Waals surface area contributed by atoms with Gasteiger partial charge in [-0.3, -0.25) is 4.98 Å². The quantitative estimate of drug-likeness (QED) is 0.866. The lowest BCUT2D eigenvalue weighted by Crippen LogP contribution is -2.07. The van der Waals surface area contributed by atoms with Gasteiger partial charge in [0.05, 0.1) is 18.3 Å². The number of methoxy groups -OCH3 is 1. The molecule has 0 atom stereocenters. The lowest BCUT2D eigenvalue weighted by molar-refractivity contribution is 0.0601. The standard InChI is InChI=1S/C12H11BrN2O2/c1-14-11-8-5-7(13)3-4-10(8)15-6-9(11)12(16)17-2/h3-6H,1-2H3,(H,14,15). The van der Waals surface area contributed by atoms with E-state index in [1.807, 2.05) is 18.2 Å². The van der Waals surface area contributed by atoms with Gasteiger partial charge in [-0.05, 0) is 18.2 Å². The van der Waals surface area contributed by atoms with Gasteiger partial charge in [-0.15, -0.1) is 0 Å². The molecule has 2 aromatic rings. The number of hydrogen-bond acceptors (Lipinski definition) is 4. The van der Waals surface area contributed by atoms with Crippen molar-refractivity contribution >= 4 is 38.5 Å². The van der Waals surface area contributed by atoms with Crippen LogP contribution >= 0.6 is 15.9 Å². The molecule has 0 fully saturated rings. The Balaban J connectivity index is 2.76. The Hall–Kier alpha value is -1.62. The van der Waals surface area contributed by atoms with E-state index in [1.165, 1.54) is 13.3 Å². The number of nitrogens with one attached hydrogen (secondary N) is 1. The predicted octanol–water partition coefficient (Wildman–Crippen LogP) is 2.83. The lowest BCUT2D eigenvalue weighted by Gasteiger charge is -2.10. The minimum Gasteiger partial charge on any atom is -0.465 e. The summed E-state index contributed by atoms with van der Waals surface area (Å²) >= 11 is 3.40. The molecule has 1 N–H and O–H groups in total. The number of rotatable bonds is 2. The second kappa shape index (κ2) is 4.71. The Morgan fingerprint density at radius 3 is 2.88 bits per heavy atom. The van der Waals surface area contributed by atoms with Crippen LogP contribution in [0.5, 0.6) is 0 Å². The van der Waals surface area contributed by atoms with Crippen LogP contribution in [0.25, 0.3) is 10.9 Å². The van der Waals surface area contributed by atoms with Gasteiger partial charge in [0, 0.05) is 23.1 Å². The second-order valence-electron chi connectivity index (χ2n) is 3.45. The number of hydrogen-bond donors (Lipinski definition) is 1. The summed E-state index contributed by atoms with van der Waals surface area (Å²) in [7, 11) is 3.12. The maximum Gasteiger partial charge on any atom is 0.341 e. The number of aromatic nitrogens is 1. The van der Waals surface area contributed by atoms with Crippen LogP contribution in [0.15, 0.2) is 28.9 Å². The van der Waals surface area contributed by atoms with Crippen molar-refractivity contribution in [2.45, 2.75) is 0 Å². The average Bonchev–Trinajstić information content (AvgIpc) is 2.36. The Morgan fingerprint density at radius 2 is 2.24 bits per heavy atom. The molecule has 0 aliphatic heterocycles. The van der Waals surface area contributed by atoms with Crippen molar-refractivity contribution in [3.05, 3.63) is 34.4 Å². The van der Waals surface area contributed by atoms with Crippen molar-refractivity contribution in [1.29, 1.82) is 0 Å². The number of anilines is 1. The van der Waals surface area contributed by atoms with E-state index in [-0.39, 0.29) is 0 Å². The minimum atomic E-state index is -0.399. The molecule has 0 radical (unpaired) electrons. The van der Waals surface area contributed by atoms with Crippen LogP contribution in [0.2, 0.25) is 0 Å². The zero-order valence-corrected chi connectivity index (χ0v) is 11.0. The molecule has 1 aromatic heterocycles. The summed E-state index contributed by atoms with van der Waals surface area (Å²) in [6, 6.07) is 5.72. The van der Waals surface area contributed by atoms with Crippen LogP contribution in [-0.4, -0.2) is 25.1 Å². The van der Waals surface area contributed by atoms with Gasteiger partial charge >= 0.3 is 5.97 Å². The maximum absolute atomic E-state index is 11.6. The van der Waals surface area contributed by atoms with E-state index in [1.54, 1.807) is 7.05 Å². The lowest BCUT2D eigenvalue weighted by atomic mass is 10.1. The Bertz CT molecular complexity index is 584. The van der Waals surface area contributed by atoms with Crippen molar-refractivity contribution < 1.29 is 9.53 Å². The first-order valence-electron chi connectivity index (χ1n) is 5.01. The summed E-state index contributed by atoms with van der Waals surface area (Å²) in [4.78, 5) is 15.8. The molecule has 0 saturated carbocycles. The van der Waals surface area contributed by atoms with Gasteiger partial charge in [0.15, 0.2) is 0 Å². The maximum atomic E-state index is 11.6. The SMILES string of the molecule is CNc1c(C(=O)OC)cnc2ccc(Br)cc12. The fourth-order valence-electron chi connectivity index (χ4n) is 1.70. The van der Waals surface area contributed by atoms with Gasteiger partial charge in [-0.25, -0.2) is 4.79 Å². The molecule has 2 rings (SSSR count). The van der Waals surface area contributed by atoms with E-state index in [9.17, 15) is 4.79 Å². The second-order valence-corrected chi connectivity index (χ2v) is 4.37. The molecule has 0 unspecified atom stereocenters. The summed E-state index contributed by atoms with van der Waals surface area (Å²) in [5, 5.41) is 3.90. The van der Waals surface area contributed by atoms with E-state index < -0.39 is 5.97 Å². The van der Waals surface area contributed by atoms with Crippen molar-refractivity contribution in [3.8, 4) is 0 Å². The highest BCUT2D eigenvalue weighted by atomic mass is 79.9. The molecule has 0 aliphatic carbocycles. The third-order valence-electron chi connectivity index (χ3n) is 2.49. The number of pyridine rings is 1. The molecule has 17 heavy (non-hydrogen) atoms. The van der Waals surface area contributed by atoms with E-state index in [0.717, 1.165) is 21.1 Å². The number of fused-ring (bicyclic) bond motifs is 1. The summed E-state index contributed by atoms with van der Waals surface area (Å²) in [6.45, 7) is 0. The Kier molecular flexibility index (Phi) is 3.28. The van der Waals surface area contributed by atoms with Crippen LogP contribution in [0.4, 0.5) is 5.69 Å². The van der Waals surface area contributed by atoms with Crippen LogP contribution < -0.4 is 5.32 Å². The smallest absolute Gasteiger partial charge is 0.341 e. The highest BCUT2D eigenvalue weighted by molar-refractivity contribution is 9.10. The normalized spacial score (nSPS) is 10.3. The first-order chi connectivity index (χ1) is 8.17. The van der Waals surface area contributed by atoms with E-state index in [0.29, 0.717) is 5.56 Å². The number of halogens is 1. The molecule has 0 aliphatic rings. The average molecular weight is 295 g/mol. The third-order valence-corrected chi connectivity index (χ3v) is 2.98. The van der Waals surface area contributed by atoms with Crippen LogP contribution in [0.1, 0.15) is 10.4 Å². The minimum absolute atomic E-state index is 0.399. The number of nitrogens with zero attached hydrogens (tertiary/aromatic N) is 1. The molecule has 88 valence electrons. The van der Waals surface area contributed by atoms with Crippen LogP contribution in [0.3, 0.4) is 0 Å². The van der Waals surface area contributed by atoms with Crippen LogP contribution in [-0.2, 0) is 4.74 Å². The summed E-state index contributed by atoms with van der Waals surface area (Å²) in [5.74, 6) is -0.399. The summed E-state index contributed by atoms with van der Waals surface area (Å²) in [5.41, 5.74) is 1.98. The zero-order valence-electron chi connectivity index (χ0n) is 9.45. The fraction of sp³-hybridized carbons (Fsp3) is 0.167. The molecule has 0 bridgehead atoms. The third kappa shape index (κ3) is 2.10. The molecule has 0 amide bonds. The van der Waals surface area contributed by atoms with Crippen molar-refractivity contribution in [2.75, 3.05) is 19.5 Å². The van der Waals surface area contributed by atoms with E-state index >= 15 is 0 Å². The molecular weight excluding hydrogens is 284 g/mol. The molecule has 1 heterocycles. The van der Waals surface area contributed by atoms with Crippen molar-refractivity contribution in [3.63, 3.8) is 0 Å². The highest BCUT2D eigenvalue weighted by Gasteiger charge is 2.14. The number of ether oxygens (including phenoxy) is 1. The largest absolute Gasteiger partial charge is 0.465 e. The van der Waals surface area contributed by atoms with Gasteiger partial charge < -0.3 is 10.1 Å². The Morgan fingerprint density at radius 1 is 1.47 bits per heavy atom. The number of esters is 1. The molecule has 0 spiro atoms. The van der Waals surface area contributed by atoms with E-state index in [2.05, 4.69) is 26.2 Å². The zero-order chi connectivity index (χ0) is 12.4. The van der Waals surface area contributed by atoms with Crippen LogP contribution in [0, 0.1) is 0 Å². The van der Waals surface area contributed by atoms with Gasteiger partial charge in [-0.1, -0.05) is 15.9 Å².